The number of phenolic OH excluding ortho intramolecular Hbond substituents is 2. The van der Waals surface area contributed by atoms with E-state index in [4.69, 9.17) is 0 Å². The van der Waals surface area contributed by atoms with Gasteiger partial charge in [0.05, 0.1) is 11.1 Å². The molecule has 0 atom stereocenters. The maximum absolute atomic E-state index is 13.2. The summed E-state index contributed by atoms with van der Waals surface area (Å²) in [7, 11) is 0. The second-order valence-electron chi connectivity index (χ2n) is 7.66. The average molecular weight is 433 g/mol. The molecular weight excluding hydrogens is 409 g/mol. The van der Waals surface area contributed by atoms with Gasteiger partial charge in [-0.3, -0.25) is 9.78 Å². The summed E-state index contributed by atoms with van der Waals surface area (Å²) in [6, 6.07) is 12.6. The molecule has 0 bridgehead atoms. The molecule has 0 aliphatic carbocycles. The zero-order chi connectivity index (χ0) is 22.5. The van der Waals surface area contributed by atoms with E-state index < -0.39 is 17.4 Å². The molecule has 2 heterocycles. The van der Waals surface area contributed by atoms with Crippen molar-refractivity contribution in [1.82, 2.24) is 14.9 Å². The Morgan fingerprint density at radius 2 is 1.81 bits per heavy atom. The highest BCUT2D eigenvalue weighted by Gasteiger charge is 2.16. The lowest BCUT2D eigenvalue weighted by Gasteiger charge is -2.11. The minimum absolute atomic E-state index is 0.0169. The number of nitrogens with one attached hydrogen (secondary N) is 1. The van der Waals surface area contributed by atoms with Gasteiger partial charge in [-0.05, 0) is 66.8 Å². The Labute approximate surface area is 185 Å². The first-order valence-electron chi connectivity index (χ1n) is 10.5. The first-order valence-corrected chi connectivity index (χ1v) is 10.5. The molecule has 1 amide bonds. The van der Waals surface area contributed by atoms with E-state index in [9.17, 15) is 19.4 Å². The van der Waals surface area contributed by atoms with Gasteiger partial charge in [0.25, 0.3) is 5.91 Å². The maximum Gasteiger partial charge on any atom is 0.255 e. The van der Waals surface area contributed by atoms with Gasteiger partial charge in [0, 0.05) is 37.1 Å². The Morgan fingerprint density at radius 3 is 2.62 bits per heavy atom. The highest BCUT2D eigenvalue weighted by molar-refractivity contribution is 5.99. The number of hydrogen-bond donors (Lipinski definition) is 3. The summed E-state index contributed by atoms with van der Waals surface area (Å²) in [5, 5.41) is 24.1. The number of rotatable bonds is 8. The van der Waals surface area contributed by atoms with E-state index in [0.29, 0.717) is 17.7 Å². The van der Waals surface area contributed by atoms with Crippen LogP contribution < -0.4 is 5.32 Å². The number of aromatic nitrogens is 2. The van der Waals surface area contributed by atoms with E-state index in [1.165, 1.54) is 24.3 Å². The molecule has 0 fully saturated rings. The van der Waals surface area contributed by atoms with Crippen molar-refractivity contribution in [1.29, 1.82) is 0 Å². The maximum atomic E-state index is 13.2. The molecule has 0 aliphatic rings. The number of unbranched alkanes of at least 4 members (excludes halogenated alkanes) is 2. The van der Waals surface area contributed by atoms with E-state index in [1.807, 2.05) is 18.3 Å². The van der Waals surface area contributed by atoms with Crippen molar-refractivity contribution in [3.8, 4) is 22.6 Å². The minimum Gasteiger partial charge on any atom is -0.504 e. The van der Waals surface area contributed by atoms with Crippen molar-refractivity contribution in [2.75, 3.05) is 6.54 Å². The van der Waals surface area contributed by atoms with Gasteiger partial charge in [-0.15, -0.1) is 0 Å². The summed E-state index contributed by atoms with van der Waals surface area (Å²) < 4.78 is 15.4. The van der Waals surface area contributed by atoms with Crippen LogP contribution in [0.5, 0.6) is 11.5 Å². The fourth-order valence-corrected chi connectivity index (χ4v) is 3.72. The average Bonchev–Trinajstić information content (AvgIpc) is 3.21. The van der Waals surface area contributed by atoms with E-state index in [0.717, 1.165) is 36.7 Å². The summed E-state index contributed by atoms with van der Waals surface area (Å²) in [5.74, 6) is -1.71. The number of phenols is 2. The highest BCUT2D eigenvalue weighted by atomic mass is 19.1. The summed E-state index contributed by atoms with van der Waals surface area (Å²) in [6.45, 7) is 1.34. The van der Waals surface area contributed by atoms with Crippen molar-refractivity contribution in [2.24, 2.45) is 0 Å². The molecule has 0 saturated heterocycles. The largest absolute Gasteiger partial charge is 0.504 e. The number of carbonyl (C=O) groups excluding carboxylic acids is 1. The molecule has 0 unspecified atom stereocenters. The summed E-state index contributed by atoms with van der Waals surface area (Å²) in [5.41, 5.74) is 2.28. The summed E-state index contributed by atoms with van der Waals surface area (Å²) in [6.07, 6.45) is 8.37. The van der Waals surface area contributed by atoms with Crippen molar-refractivity contribution in [3.05, 3.63) is 78.5 Å². The zero-order valence-corrected chi connectivity index (χ0v) is 17.5. The van der Waals surface area contributed by atoms with Crippen LogP contribution in [0.3, 0.4) is 0 Å². The number of hydrogen-bond acceptors (Lipinski definition) is 4. The lowest BCUT2D eigenvalue weighted by molar-refractivity contribution is 0.0949. The molecular formula is C25H24FN3O3. The molecule has 6 nitrogen and oxygen atoms in total. The third-order valence-corrected chi connectivity index (χ3v) is 5.44. The van der Waals surface area contributed by atoms with Crippen LogP contribution in [0, 0.1) is 5.82 Å². The van der Waals surface area contributed by atoms with E-state index in [-0.39, 0.29) is 11.4 Å². The molecule has 3 N–H and O–H groups in total. The lowest BCUT2D eigenvalue weighted by atomic mass is 10.0. The molecule has 0 spiro atoms. The number of benzene rings is 2. The molecule has 4 aromatic rings. The normalized spacial score (nSPS) is 11.0. The number of pyridine rings is 1. The molecule has 2 aromatic heterocycles. The first kappa shape index (κ1) is 21.4. The van der Waals surface area contributed by atoms with Gasteiger partial charge in [-0.2, -0.15) is 0 Å². The van der Waals surface area contributed by atoms with Crippen LogP contribution in [0.25, 0.3) is 22.0 Å². The van der Waals surface area contributed by atoms with E-state index >= 15 is 0 Å². The predicted molar refractivity (Wildman–Crippen MR) is 121 cm³/mol. The second kappa shape index (κ2) is 9.51. The molecule has 0 aliphatic heterocycles. The molecule has 164 valence electrons. The fraction of sp³-hybridized carbons (Fsp3) is 0.200. The number of fused-ring (bicyclic) bond motifs is 1. The van der Waals surface area contributed by atoms with Gasteiger partial charge in [-0.25, -0.2) is 4.39 Å². The summed E-state index contributed by atoms with van der Waals surface area (Å²) in [4.78, 5) is 16.7. The fourth-order valence-electron chi connectivity index (χ4n) is 3.72. The van der Waals surface area contributed by atoms with Crippen LogP contribution >= 0.6 is 0 Å². The van der Waals surface area contributed by atoms with Crippen molar-refractivity contribution in [3.63, 3.8) is 0 Å². The van der Waals surface area contributed by atoms with Crippen LogP contribution in [0.15, 0.2) is 67.1 Å². The van der Waals surface area contributed by atoms with E-state index in [2.05, 4.69) is 21.1 Å². The number of nitrogens with zero attached hydrogens (tertiary/aromatic N) is 2. The van der Waals surface area contributed by atoms with Crippen LogP contribution in [0.1, 0.15) is 29.6 Å². The number of amides is 1. The van der Waals surface area contributed by atoms with Crippen LogP contribution in [0.4, 0.5) is 4.39 Å². The van der Waals surface area contributed by atoms with Crippen molar-refractivity contribution in [2.45, 2.75) is 25.8 Å². The number of aromatic hydroxyl groups is 2. The van der Waals surface area contributed by atoms with Gasteiger partial charge >= 0.3 is 0 Å². The van der Waals surface area contributed by atoms with Gasteiger partial charge in [0.2, 0.25) is 0 Å². The van der Waals surface area contributed by atoms with Gasteiger partial charge in [0.1, 0.15) is 5.82 Å². The van der Waals surface area contributed by atoms with Crippen LogP contribution in [-0.2, 0) is 6.54 Å². The number of halogens is 1. The topological polar surface area (TPSA) is 87.4 Å². The minimum atomic E-state index is -0.470. The number of carbonyl (C=O) groups is 1. The second-order valence-corrected chi connectivity index (χ2v) is 7.66. The van der Waals surface area contributed by atoms with Crippen molar-refractivity contribution >= 4 is 16.8 Å². The Balaban J connectivity index is 1.30. The molecule has 2 aromatic carbocycles. The standard InChI is InChI=1S/C25H24FN3O3/c26-20-6-4-17(5-7-20)19-14-21(24(31)23(30)15-19)25(32)28-10-2-1-3-12-29-13-9-18-16-27-11-8-22(18)29/h4-9,11,13-16,30-31H,1-3,10,12H2,(H,28,32). The third kappa shape index (κ3) is 4.72. The van der Waals surface area contributed by atoms with Crippen molar-refractivity contribution < 1.29 is 19.4 Å². The monoisotopic (exact) mass is 433 g/mol. The Morgan fingerprint density at radius 1 is 1.00 bits per heavy atom. The zero-order valence-electron chi connectivity index (χ0n) is 17.5. The Hall–Kier alpha value is -3.87. The third-order valence-electron chi connectivity index (χ3n) is 5.44. The van der Waals surface area contributed by atoms with Crippen LogP contribution in [-0.4, -0.2) is 32.2 Å². The Kier molecular flexibility index (Phi) is 6.35. The molecule has 7 heteroatoms. The Bertz CT molecular complexity index is 1240. The molecule has 0 radical (unpaired) electrons. The lowest BCUT2D eigenvalue weighted by Crippen LogP contribution is -2.24. The predicted octanol–water partition coefficient (Wildman–Crippen LogP) is 4.85. The molecule has 0 saturated carbocycles. The highest BCUT2D eigenvalue weighted by Crippen LogP contribution is 2.34. The van der Waals surface area contributed by atoms with Gasteiger partial charge < -0.3 is 20.1 Å². The quantitative estimate of drug-likeness (QED) is 0.274. The molecule has 32 heavy (non-hydrogen) atoms. The van der Waals surface area contributed by atoms with Gasteiger partial charge in [-0.1, -0.05) is 12.1 Å². The first-order chi connectivity index (χ1) is 15.5. The number of aryl methyl sites for hydroxylation is 1. The van der Waals surface area contributed by atoms with E-state index in [1.54, 1.807) is 18.3 Å². The SMILES string of the molecule is O=C(NCCCCCn1ccc2cnccc21)c1cc(-c2ccc(F)cc2)cc(O)c1O. The summed E-state index contributed by atoms with van der Waals surface area (Å²) >= 11 is 0. The molecule has 4 rings (SSSR count). The van der Waals surface area contributed by atoms with Crippen LogP contribution in [0.2, 0.25) is 0 Å². The smallest absolute Gasteiger partial charge is 0.255 e. The van der Waals surface area contributed by atoms with Gasteiger partial charge in [0.15, 0.2) is 11.5 Å².